The molecule has 2 aromatic carbocycles. The topological polar surface area (TPSA) is 106 Å². The van der Waals surface area contributed by atoms with E-state index in [1.54, 1.807) is 0 Å². The van der Waals surface area contributed by atoms with Gasteiger partial charge in [0.2, 0.25) is 5.96 Å². The molecule has 0 bridgehead atoms. The van der Waals surface area contributed by atoms with Crippen molar-refractivity contribution in [3.63, 3.8) is 0 Å². The number of nitrogens with two attached hydrogens (primary N) is 1. The molecule has 1 heterocycles. The lowest BCUT2D eigenvalue weighted by Gasteiger charge is -2.46. The Morgan fingerprint density at radius 1 is 0.872 bits per heavy atom. The van der Waals surface area contributed by atoms with Crippen LogP contribution < -0.4 is 11.1 Å². The van der Waals surface area contributed by atoms with Crippen molar-refractivity contribution in [2.24, 2.45) is 22.1 Å². The number of piperidine rings is 1. The van der Waals surface area contributed by atoms with Crippen molar-refractivity contribution in [2.45, 2.75) is 71.0 Å². The second-order valence-corrected chi connectivity index (χ2v) is 10.7. The Kier molecular flexibility index (Phi) is 10.8. The second kappa shape index (κ2) is 14.7. The van der Waals surface area contributed by atoms with E-state index in [9.17, 15) is 9.59 Å². The van der Waals surface area contributed by atoms with Gasteiger partial charge in [0.1, 0.15) is 13.2 Å². The number of carbonyl (C=O) groups excluding carboxylic acids is 2. The van der Waals surface area contributed by atoms with Gasteiger partial charge in [-0.15, -0.1) is 4.90 Å². The minimum atomic E-state index is -0.907. The van der Waals surface area contributed by atoms with Crippen LogP contribution in [-0.2, 0) is 22.7 Å². The number of ether oxygens (including phenoxy) is 2. The Bertz CT molecular complexity index is 1010. The van der Waals surface area contributed by atoms with Gasteiger partial charge in [0.05, 0.1) is 0 Å². The number of nitrogens with zero attached hydrogens (tertiary/aromatic N) is 2. The standard InChI is InChI=1S/C31H42N4O4/c32-28(34-20-10-17-31(18-21-33-22-19-31)27-15-8-3-9-16-27)35(29(36)38-23-25-11-4-1-5-12-25)30(37)39-24-26-13-6-2-7-14-26/h1-2,4-7,11-14,27,33H,3,8-10,15-24H2,(H2,32,34). The van der Waals surface area contributed by atoms with Gasteiger partial charge in [-0.1, -0.05) is 79.9 Å². The van der Waals surface area contributed by atoms with Gasteiger partial charge in [0, 0.05) is 6.54 Å². The van der Waals surface area contributed by atoms with Crippen molar-refractivity contribution in [1.29, 1.82) is 0 Å². The number of nitrogens with one attached hydrogen (secondary N) is 1. The molecule has 0 aromatic heterocycles. The van der Waals surface area contributed by atoms with Gasteiger partial charge >= 0.3 is 12.2 Å². The van der Waals surface area contributed by atoms with E-state index in [-0.39, 0.29) is 19.2 Å². The molecule has 2 aromatic rings. The fourth-order valence-electron chi connectivity index (χ4n) is 6.03. The largest absolute Gasteiger partial charge is 0.444 e. The molecule has 39 heavy (non-hydrogen) atoms. The first kappa shape index (κ1) is 28.6. The maximum Gasteiger partial charge on any atom is 0.426 e. The lowest BCUT2D eigenvalue weighted by Crippen LogP contribution is -2.46. The summed E-state index contributed by atoms with van der Waals surface area (Å²) in [6.07, 6.45) is 9.15. The molecule has 0 atom stereocenters. The Morgan fingerprint density at radius 2 is 1.41 bits per heavy atom. The molecule has 2 amide bonds. The van der Waals surface area contributed by atoms with Crippen LogP contribution in [0.4, 0.5) is 9.59 Å². The van der Waals surface area contributed by atoms with Gasteiger partial charge in [-0.3, -0.25) is 4.99 Å². The van der Waals surface area contributed by atoms with Crippen molar-refractivity contribution in [3.8, 4) is 0 Å². The lowest BCUT2D eigenvalue weighted by atomic mass is 9.62. The molecule has 1 aliphatic carbocycles. The second-order valence-electron chi connectivity index (χ2n) is 10.7. The van der Waals surface area contributed by atoms with Crippen LogP contribution in [0.25, 0.3) is 0 Å². The maximum absolute atomic E-state index is 13.0. The number of benzene rings is 2. The van der Waals surface area contributed by atoms with Gasteiger partial charge in [0.25, 0.3) is 0 Å². The average molecular weight is 535 g/mol. The summed E-state index contributed by atoms with van der Waals surface area (Å²) < 4.78 is 10.8. The molecule has 4 rings (SSSR count). The zero-order chi connectivity index (χ0) is 27.3. The van der Waals surface area contributed by atoms with E-state index in [1.807, 2.05) is 60.7 Å². The molecule has 8 heteroatoms. The van der Waals surface area contributed by atoms with E-state index in [4.69, 9.17) is 15.2 Å². The van der Waals surface area contributed by atoms with Crippen LogP contribution in [-0.4, -0.2) is 42.7 Å². The highest BCUT2D eigenvalue weighted by molar-refractivity contribution is 6.07. The number of amides is 2. The highest BCUT2D eigenvalue weighted by Gasteiger charge is 2.39. The highest BCUT2D eigenvalue weighted by Crippen LogP contribution is 2.47. The van der Waals surface area contributed by atoms with E-state index in [0.29, 0.717) is 16.9 Å². The van der Waals surface area contributed by atoms with E-state index < -0.39 is 12.2 Å². The average Bonchev–Trinajstić information content (AvgIpc) is 2.99. The summed E-state index contributed by atoms with van der Waals surface area (Å²) in [5.41, 5.74) is 8.16. The van der Waals surface area contributed by atoms with Crippen molar-refractivity contribution in [3.05, 3.63) is 71.8 Å². The van der Waals surface area contributed by atoms with Gasteiger partial charge in [-0.2, -0.15) is 0 Å². The number of imide groups is 1. The first-order chi connectivity index (χ1) is 19.1. The first-order valence-corrected chi connectivity index (χ1v) is 14.3. The highest BCUT2D eigenvalue weighted by atomic mass is 16.6. The van der Waals surface area contributed by atoms with Crippen LogP contribution in [0.5, 0.6) is 0 Å². The molecular weight excluding hydrogens is 492 g/mol. The van der Waals surface area contributed by atoms with E-state index in [2.05, 4.69) is 10.3 Å². The molecule has 0 spiro atoms. The summed E-state index contributed by atoms with van der Waals surface area (Å²) in [6.45, 7) is 2.58. The van der Waals surface area contributed by atoms with Crippen LogP contribution in [0.1, 0.15) is 68.9 Å². The molecule has 210 valence electrons. The zero-order valence-corrected chi connectivity index (χ0v) is 22.9. The molecule has 0 unspecified atom stereocenters. The fourth-order valence-corrected chi connectivity index (χ4v) is 6.03. The molecule has 3 N–H and O–H groups in total. The molecule has 1 aliphatic heterocycles. The van der Waals surface area contributed by atoms with Crippen LogP contribution in [0.15, 0.2) is 65.7 Å². The predicted molar refractivity (Wildman–Crippen MR) is 152 cm³/mol. The molecule has 0 radical (unpaired) electrons. The molecule has 2 fully saturated rings. The lowest BCUT2D eigenvalue weighted by molar-refractivity contribution is 0.0634. The van der Waals surface area contributed by atoms with Crippen LogP contribution in [0.2, 0.25) is 0 Å². The summed E-state index contributed by atoms with van der Waals surface area (Å²) in [4.78, 5) is 31.1. The van der Waals surface area contributed by atoms with Gasteiger partial charge in [0.15, 0.2) is 0 Å². The van der Waals surface area contributed by atoms with Crippen molar-refractivity contribution in [2.75, 3.05) is 19.6 Å². The number of carbonyl (C=O) groups is 2. The molecule has 1 saturated carbocycles. The molecule has 1 saturated heterocycles. The molecule has 8 nitrogen and oxygen atoms in total. The quantitative estimate of drug-likeness (QED) is 0.232. The Balaban J connectivity index is 1.39. The number of hydrogen-bond donors (Lipinski definition) is 2. The van der Waals surface area contributed by atoms with Crippen molar-refractivity contribution < 1.29 is 19.1 Å². The third-order valence-corrected chi connectivity index (χ3v) is 8.18. The number of aliphatic imine (C=N–C) groups is 1. The minimum Gasteiger partial charge on any atom is -0.444 e. The first-order valence-electron chi connectivity index (χ1n) is 14.3. The SMILES string of the molecule is NC(=NCCCC1(C2CCCCC2)CCNCC1)N(C(=O)OCc1ccccc1)C(=O)OCc1ccccc1. The van der Waals surface area contributed by atoms with E-state index >= 15 is 0 Å². The molecule has 2 aliphatic rings. The third-order valence-electron chi connectivity index (χ3n) is 8.18. The molecular formula is C31H42N4O4. The van der Waals surface area contributed by atoms with Gasteiger partial charge < -0.3 is 20.5 Å². The maximum atomic E-state index is 13.0. The van der Waals surface area contributed by atoms with Crippen molar-refractivity contribution >= 4 is 18.1 Å². The Hall–Kier alpha value is -3.39. The van der Waals surface area contributed by atoms with Crippen LogP contribution in [0.3, 0.4) is 0 Å². The summed E-state index contributed by atoms with van der Waals surface area (Å²) >= 11 is 0. The monoisotopic (exact) mass is 534 g/mol. The number of rotatable bonds is 9. The number of guanidine groups is 1. The van der Waals surface area contributed by atoms with E-state index in [1.165, 1.54) is 44.9 Å². The predicted octanol–water partition coefficient (Wildman–Crippen LogP) is 6.01. The normalized spacial score (nSPS) is 17.8. The third kappa shape index (κ3) is 8.30. The number of hydrogen-bond acceptors (Lipinski definition) is 6. The summed E-state index contributed by atoms with van der Waals surface area (Å²) in [5.74, 6) is 0.565. The summed E-state index contributed by atoms with van der Waals surface area (Å²) in [6, 6.07) is 18.5. The van der Waals surface area contributed by atoms with Crippen molar-refractivity contribution in [1.82, 2.24) is 10.2 Å². The summed E-state index contributed by atoms with van der Waals surface area (Å²) in [5, 5.41) is 3.52. The zero-order valence-electron chi connectivity index (χ0n) is 22.9. The van der Waals surface area contributed by atoms with Crippen LogP contribution >= 0.6 is 0 Å². The van der Waals surface area contributed by atoms with Gasteiger partial charge in [-0.05, 0) is 74.1 Å². The van der Waals surface area contributed by atoms with Crippen LogP contribution in [0, 0.1) is 11.3 Å². The Labute approximate surface area is 232 Å². The smallest absolute Gasteiger partial charge is 0.426 e. The summed E-state index contributed by atoms with van der Waals surface area (Å²) in [7, 11) is 0. The fraction of sp³-hybridized carbons (Fsp3) is 0.516. The van der Waals surface area contributed by atoms with Gasteiger partial charge in [-0.25, -0.2) is 9.59 Å². The Morgan fingerprint density at radius 3 is 1.95 bits per heavy atom. The van der Waals surface area contributed by atoms with E-state index in [0.717, 1.165) is 43.0 Å². The minimum absolute atomic E-state index is 0.00730.